The van der Waals surface area contributed by atoms with Crippen molar-refractivity contribution in [2.45, 2.75) is 6.92 Å². The van der Waals surface area contributed by atoms with Crippen LogP contribution >= 0.6 is 0 Å². The molecule has 0 atom stereocenters. The van der Waals surface area contributed by atoms with Crippen molar-refractivity contribution in [2.75, 3.05) is 5.32 Å². The summed E-state index contributed by atoms with van der Waals surface area (Å²) in [7, 11) is 0. The molecule has 0 spiro atoms. The number of nitrogens with zero attached hydrogens (tertiary/aromatic N) is 2. The van der Waals surface area contributed by atoms with E-state index >= 15 is 0 Å². The van der Waals surface area contributed by atoms with Gasteiger partial charge in [0.05, 0.1) is 0 Å². The Hall–Kier alpha value is -2.59. The SMILES string of the molecule is CC(=O)Nc1ccc(C=C(C#N)C#N)cc1. The standard InChI is InChI=1S/C12H9N3O/c1-9(16)15-12-4-2-10(3-5-12)6-11(7-13)8-14/h2-6H,1H3,(H,15,16). The molecular formula is C12H9N3O. The van der Waals surface area contributed by atoms with Crippen molar-refractivity contribution in [2.24, 2.45) is 0 Å². The van der Waals surface area contributed by atoms with Gasteiger partial charge in [-0.05, 0) is 23.8 Å². The van der Waals surface area contributed by atoms with Crippen LogP contribution in [0.4, 0.5) is 5.69 Å². The van der Waals surface area contributed by atoms with Crippen LogP contribution in [0.2, 0.25) is 0 Å². The Bertz CT molecular complexity index is 485. The number of carbonyl (C=O) groups is 1. The predicted octanol–water partition coefficient (Wildman–Crippen LogP) is 2.08. The van der Waals surface area contributed by atoms with Crippen LogP contribution in [0.15, 0.2) is 29.8 Å². The number of anilines is 1. The van der Waals surface area contributed by atoms with Gasteiger partial charge >= 0.3 is 0 Å². The van der Waals surface area contributed by atoms with Gasteiger partial charge in [0.1, 0.15) is 17.7 Å². The summed E-state index contributed by atoms with van der Waals surface area (Å²) >= 11 is 0. The molecule has 0 bridgehead atoms. The third-order valence-corrected chi connectivity index (χ3v) is 1.78. The molecule has 0 unspecified atom stereocenters. The number of rotatable bonds is 2. The molecular weight excluding hydrogens is 202 g/mol. The highest BCUT2D eigenvalue weighted by atomic mass is 16.1. The molecule has 0 fully saturated rings. The maximum absolute atomic E-state index is 10.8. The first kappa shape index (κ1) is 11.5. The molecule has 0 radical (unpaired) electrons. The zero-order chi connectivity index (χ0) is 12.0. The average Bonchev–Trinajstić information content (AvgIpc) is 2.27. The van der Waals surface area contributed by atoms with Gasteiger partial charge in [0.15, 0.2) is 0 Å². The summed E-state index contributed by atoms with van der Waals surface area (Å²) < 4.78 is 0. The smallest absolute Gasteiger partial charge is 0.221 e. The Kier molecular flexibility index (Phi) is 3.83. The Morgan fingerprint density at radius 2 is 1.81 bits per heavy atom. The van der Waals surface area contributed by atoms with Crippen molar-refractivity contribution in [3.05, 3.63) is 35.4 Å². The second kappa shape index (κ2) is 5.33. The van der Waals surface area contributed by atoms with Gasteiger partial charge in [0, 0.05) is 12.6 Å². The fourth-order valence-electron chi connectivity index (χ4n) is 1.12. The lowest BCUT2D eigenvalue weighted by molar-refractivity contribution is -0.114. The molecule has 1 aromatic rings. The largest absolute Gasteiger partial charge is 0.326 e. The molecule has 0 aliphatic heterocycles. The van der Waals surface area contributed by atoms with Gasteiger partial charge in [-0.15, -0.1) is 0 Å². The normalized spacial score (nSPS) is 8.44. The zero-order valence-corrected chi connectivity index (χ0v) is 8.69. The van der Waals surface area contributed by atoms with Crippen LogP contribution in [0.1, 0.15) is 12.5 Å². The molecule has 4 heteroatoms. The molecule has 0 aliphatic carbocycles. The molecule has 1 rings (SSSR count). The van der Waals surface area contributed by atoms with Gasteiger partial charge < -0.3 is 5.32 Å². The lowest BCUT2D eigenvalue weighted by Crippen LogP contribution is -2.05. The van der Waals surface area contributed by atoms with E-state index < -0.39 is 0 Å². The van der Waals surface area contributed by atoms with Crippen molar-refractivity contribution < 1.29 is 4.79 Å². The molecule has 1 aromatic carbocycles. The number of hydrogen-bond acceptors (Lipinski definition) is 3. The Morgan fingerprint density at radius 1 is 1.25 bits per heavy atom. The van der Waals surface area contributed by atoms with Crippen molar-refractivity contribution >= 4 is 17.7 Å². The third-order valence-electron chi connectivity index (χ3n) is 1.78. The third kappa shape index (κ3) is 3.28. The van der Waals surface area contributed by atoms with Crippen molar-refractivity contribution in [3.63, 3.8) is 0 Å². The number of nitrogens with one attached hydrogen (secondary N) is 1. The van der Waals surface area contributed by atoms with E-state index in [9.17, 15) is 4.79 Å². The summed E-state index contributed by atoms with van der Waals surface area (Å²) in [4.78, 5) is 10.8. The predicted molar refractivity (Wildman–Crippen MR) is 59.9 cm³/mol. The van der Waals surface area contributed by atoms with Crippen molar-refractivity contribution in [1.82, 2.24) is 0 Å². The number of carbonyl (C=O) groups excluding carboxylic acids is 1. The number of hydrogen-bond donors (Lipinski definition) is 1. The Labute approximate surface area is 93.4 Å². The van der Waals surface area contributed by atoms with Crippen LogP contribution in [0, 0.1) is 22.7 Å². The molecule has 0 aliphatic rings. The minimum absolute atomic E-state index is 0.0484. The highest BCUT2D eigenvalue weighted by Crippen LogP contribution is 2.12. The molecule has 0 saturated heterocycles. The molecule has 16 heavy (non-hydrogen) atoms. The number of allylic oxidation sites excluding steroid dienone is 1. The fraction of sp³-hybridized carbons (Fsp3) is 0.0833. The first-order valence-corrected chi connectivity index (χ1v) is 4.55. The van der Waals surface area contributed by atoms with E-state index in [0.29, 0.717) is 5.69 Å². The molecule has 4 nitrogen and oxygen atoms in total. The molecule has 0 aromatic heterocycles. The summed E-state index contributed by atoms with van der Waals surface area (Å²) in [5, 5.41) is 19.7. The van der Waals surface area contributed by atoms with Crippen molar-refractivity contribution in [3.8, 4) is 12.1 Å². The van der Waals surface area contributed by atoms with E-state index in [0.717, 1.165) is 5.56 Å². The zero-order valence-electron chi connectivity index (χ0n) is 8.69. The van der Waals surface area contributed by atoms with Gasteiger partial charge in [-0.1, -0.05) is 12.1 Å². The number of amides is 1. The minimum Gasteiger partial charge on any atom is -0.326 e. The van der Waals surface area contributed by atoms with E-state index in [1.54, 1.807) is 36.4 Å². The van der Waals surface area contributed by atoms with Gasteiger partial charge in [-0.2, -0.15) is 10.5 Å². The van der Waals surface area contributed by atoms with E-state index in [1.165, 1.54) is 13.0 Å². The Morgan fingerprint density at radius 3 is 2.25 bits per heavy atom. The maximum Gasteiger partial charge on any atom is 0.221 e. The maximum atomic E-state index is 10.8. The van der Waals surface area contributed by atoms with Crippen LogP contribution in [-0.4, -0.2) is 5.91 Å². The molecule has 1 N–H and O–H groups in total. The van der Waals surface area contributed by atoms with Crippen LogP contribution in [0.5, 0.6) is 0 Å². The molecule has 0 saturated carbocycles. The number of benzene rings is 1. The summed E-state index contributed by atoms with van der Waals surface area (Å²) in [6.07, 6.45) is 1.48. The van der Waals surface area contributed by atoms with Crippen LogP contribution in [0.25, 0.3) is 6.08 Å². The van der Waals surface area contributed by atoms with Gasteiger partial charge in [-0.3, -0.25) is 4.79 Å². The van der Waals surface area contributed by atoms with Gasteiger partial charge in [0.25, 0.3) is 0 Å². The number of nitriles is 2. The topological polar surface area (TPSA) is 76.7 Å². The summed E-state index contributed by atoms with van der Waals surface area (Å²) in [5.41, 5.74) is 1.47. The second-order valence-corrected chi connectivity index (χ2v) is 3.08. The average molecular weight is 211 g/mol. The summed E-state index contributed by atoms with van der Waals surface area (Å²) in [5.74, 6) is -0.141. The van der Waals surface area contributed by atoms with E-state index in [2.05, 4.69) is 5.32 Å². The summed E-state index contributed by atoms with van der Waals surface area (Å²) in [6, 6.07) is 10.4. The van der Waals surface area contributed by atoms with Crippen LogP contribution in [-0.2, 0) is 4.79 Å². The van der Waals surface area contributed by atoms with Gasteiger partial charge in [-0.25, -0.2) is 0 Å². The monoisotopic (exact) mass is 211 g/mol. The second-order valence-electron chi connectivity index (χ2n) is 3.08. The quantitative estimate of drug-likeness (QED) is 0.761. The van der Waals surface area contributed by atoms with E-state index in [1.807, 2.05) is 0 Å². The van der Waals surface area contributed by atoms with Gasteiger partial charge in [0.2, 0.25) is 5.91 Å². The van der Waals surface area contributed by atoms with Crippen molar-refractivity contribution in [1.29, 1.82) is 10.5 Å². The lowest BCUT2D eigenvalue weighted by atomic mass is 10.1. The highest BCUT2D eigenvalue weighted by Gasteiger charge is 1.96. The first-order chi connectivity index (χ1) is 7.65. The lowest BCUT2D eigenvalue weighted by Gasteiger charge is -2.01. The highest BCUT2D eigenvalue weighted by molar-refractivity contribution is 5.88. The fourth-order valence-corrected chi connectivity index (χ4v) is 1.12. The van der Waals surface area contributed by atoms with E-state index in [-0.39, 0.29) is 11.5 Å². The molecule has 0 heterocycles. The Balaban J connectivity index is 2.89. The molecule has 1 amide bonds. The minimum atomic E-state index is -0.141. The van der Waals surface area contributed by atoms with Crippen LogP contribution in [0.3, 0.4) is 0 Å². The van der Waals surface area contributed by atoms with E-state index in [4.69, 9.17) is 10.5 Å². The summed E-state index contributed by atoms with van der Waals surface area (Å²) in [6.45, 7) is 1.43. The van der Waals surface area contributed by atoms with Crippen LogP contribution < -0.4 is 5.32 Å². The molecule has 78 valence electrons. The first-order valence-electron chi connectivity index (χ1n) is 4.55.